The molecule has 0 saturated heterocycles. The van der Waals surface area contributed by atoms with Gasteiger partial charge in [-0.3, -0.25) is 4.79 Å². The maximum absolute atomic E-state index is 13.0. The summed E-state index contributed by atoms with van der Waals surface area (Å²) in [6, 6.07) is 7.50. The molecule has 0 bridgehead atoms. The third-order valence-electron chi connectivity index (χ3n) is 4.28. The minimum Gasteiger partial charge on any atom is -0.360 e. The average Bonchev–Trinajstić information content (AvgIpc) is 3.09. The molecule has 1 fully saturated rings. The highest BCUT2D eigenvalue weighted by Gasteiger charge is 2.33. The molecule has 116 valence electrons. The van der Waals surface area contributed by atoms with Gasteiger partial charge in [0, 0.05) is 11.5 Å². The van der Waals surface area contributed by atoms with Crippen molar-refractivity contribution in [2.45, 2.75) is 31.7 Å². The fraction of sp³-hybridized carbons (Fsp3) is 0.294. The van der Waals surface area contributed by atoms with E-state index in [0.717, 1.165) is 24.2 Å². The van der Waals surface area contributed by atoms with Gasteiger partial charge in [-0.05, 0) is 25.3 Å². The van der Waals surface area contributed by atoms with E-state index < -0.39 is 0 Å². The second-order valence-corrected chi connectivity index (χ2v) is 5.85. The Morgan fingerprint density at radius 3 is 2.87 bits per heavy atom. The smallest absolute Gasteiger partial charge is 0.198 e. The van der Waals surface area contributed by atoms with E-state index in [9.17, 15) is 4.79 Å². The molecular weight excluding hydrogens is 292 g/mol. The van der Waals surface area contributed by atoms with Gasteiger partial charge in [-0.25, -0.2) is 9.67 Å². The van der Waals surface area contributed by atoms with E-state index in [1.54, 1.807) is 11.0 Å². The Hall–Kier alpha value is -2.76. The Balaban J connectivity index is 1.74. The van der Waals surface area contributed by atoms with Crippen molar-refractivity contribution in [1.82, 2.24) is 19.9 Å². The zero-order chi connectivity index (χ0) is 15.8. The summed E-state index contributed by atoms with van der Waals surface area (Å²) in [5, 5.41) is 8.01. The standard InChI is InChI=1S/C17H16N4O2/c1-11(21-10-18-9-19-21)13-4-2-3-5-14(13)16(22)15-8-20-23-17(15)12-6-7-12/h2-5,8-12H,6-7H2,1H3. The summed E-state index contributed by atoms with van der Waals surface area (Å²) in [6.45, 7) is 2.00. The van der Waals surface area contributed by atoms with Gasteiger partial charge >= 0.3 is 0 Å². The summed E-state index contributed by atoms with van der Waals surface area (Å²) in [4.78, 5) is 17.0. The first-order chi connectivity index (χ1) is 11.3. The minimum atomic E-state index is -0.0816. The lowest BCUT2D eigenvalue weighted by molar-refractivity contribution is 0.103. The van der Waals surface area contributed by atoms with Gasteiger partial charge in [0.1, 0.15) is 12.7 Å². The van der Waals surface area contributed by atoms with Crippen LogP contribution in [0.1, 0.15) is 59.0 Å². The quantitative estimate of drug-likeness (QED) is 0.677. The molecule has 0 radical (unpaired) electrons. The Labute approximate surface area is 133 Å². The average molecular weight is 308 g/mol. The van der Waals surface area contributed by atoms with Crippen LogP contribution >= 0.6 is 0 Å². The van der Waals surface area contributed by atoms with Crippen LogP contribution in [0, 0.1) is 0 Å². The Morgan fingerprint density at radius 1 is 1.30 bits per heavy atom. The molecule has 0 spiro atoms. The van der Waals surface area contributed by atoms with E-state index in [-0.39, 0.29) is 11.8 Å². The molecule has 1 saturated carbocycles. The minimum absolute atomic E-state index is 0.0456. The summed E-state index contributed by atoms with van der Waals surface area (Å²) in [7, 11) is 0. The lowest BCUT2D eigenvalue weighted by Crippen LogP contribution is -2.13. The predicted octanol–water partition coefficient (Wildman–Crippen LogP) is 2.98. The topological polar surface area (TPSA) is 73.8 Å². The molecule has 1 aliphatic carbocycles. The fourth-order valence-corrected chi connectivity index (χ4v) is 2.83. The molecule has 0 amide bonds. The largest absolute Gasteiger partial charge is 0.360 e. The molecule has 1 aliphatic rings. The number of carbonyl (C=O) groups is 1. The van der Waals surface area contributed by atoms with Gasteiger partial charge in [0.15, 0.2) is 11.5 Å². The van der Waals surface area contributed by atoms with Crippen molar-refractivity contribution in [2.75, 3.05) is 0 Å². The number of rotatable bonds is 5. The van der Waals surface area contributed by atoms with Crippen LogP contribution in [0.5, 0.6) is 0 Å². The summed E-state index contributed by atoms with van der Waals surface area (Å²) in [6.07, 6.45) is 6.80. The first-order valence-electron chi connectivity index (χ1n) is 7.68. The van der Waals surface area contributed by atoms with E-state index >= 15 is 0 Å². The van der Waals surface area contributed by atoms with Crippen molar-refractivity contribution in [3.8, 4) is 0 Å². The van der Waals surface area contributed by atoms with Crippen molar-refractivity contribution in [3.05, 3.63) is 65.6 Å². The van der Waals surface area contributed by atoms with Gasteiger partial charge in [0.2, 0.25) is 0 Å². The van der Waals surface area contributed by atoms with Crippen LogP contribution in [0.15, 0.2) is 47.6 Å². The van der Waals surface area contributed by atoms with Gasteiger partial charge in [0.25, 0.3) is 0 Å². The third-order valence-corrected chi connectivity index (χ3v) is 4.28. The van der Waals surface area contributed by atoms with E-state index in [1.165, 1.54) is 12.5 Å². The first-order valence-corrected chi connectivity index (χ1v) is 7.68. The lowest BCUT2D eigenvalue weighted by Gasteiger charge is -2.15. The molecule has 0 N–H and O–H groups in total. The van der Waals surface area contributed by atoms with Gasteiger partial charge < -0.3 is 4.52 Å². The lowest BCUT2D eigenvalue weighted by atomic mass is 9.94. The molecule has 1 atom stereocenters. The van der Waals surface area contributed by atoms with Crippen LogP contribution in [0.2, 0.25) is 0 Å². The van der Waals surface area contributed by atoms with Crippen LogP contribution in [-0.4, -0.2) is 25.7 Å². The number of carbonyl (C=O) groups excluding carboxylic acids is 1. The highest BCUT2D eigenvalue weighted by molar-refractivity contribution is 6.10. The van der Waals surface area contributed by atoms with Crippen LogP contribution in [-0.2, 0) is 0 Å². The maximum atomic E-state index is 13.0. The Kier molecular flexibility index (Phi) is 3.29. The molecule has 1 aromatic carbocycles. The van der Waals surface area contributed by atoms with Gasteiger partial charge in [0.05, 0.1) is 17.8 Å². The summed E-state index contributed by atoms with van der Waals surface area (Å²) >= 11 is 0. The fourth-order valence-electron chi connectivity index (χ4n) is 2.83. The monoisotopic (exact) mass is 308 g/mol. The van der Waals surface area contributed by atoms with E-state index in [1.807, 2.05) is 31.2 Å². The number of hydrogen-bond donors (Lipinski definition) is 0. The van der Waals surface area contributed by atoms with E-state index in [0.29, 0.717) is 17.0 Å². The summed E-state index contributed by atoms with van der Waals surface area (Å²) in [5.74, 6) is 1.02. The SMILES string of the molecule is CC(c1ccccc1C(=O)c1cnoc1C1CC1)n1cncn1. The Morgan fingerprint density at radius 2 is 2.13 bits per heavy atom. The second-order valence-electron chi connectivity index (χ2n) is 5.85. The molecule has 3 aromatic rings. The molecule has 2 aromatic heterocycles. The number of benzene rings is 1. The van der Waals surface area contributed by atoms with Crippen molar-refractivity contribution in [1.29, 1.82) is 0 Å². The highest BCUT2D eigenvalue weighted by Crippen LogP contribution is 2.42. The number of hydrogen-bond acceptors (Lipinski definition) is 5. The van der Waals surface area contributed by atoms with Crippen molar-refractivity contribution in [3.63, 3.8) is 0 Å². The first kappa shape index (κ1) is 13.9. The predicted molar refractivity (Wildman–Crippen MR) is 82.2 cm³/mol. The summed E-state index contributed by atoms with van der Waals surface area (Å²) in [5.41, 5.74) is 2.14. The number of aromatic nitrogens is 4. The van der Waals surface area contributed by atoms with Crippen LogP contribution in [0.3, 0.4) is 0 Å². The van der Waals surface area contributed by atoms with Gasteiger partial charge in [-0.2, -0.15) is 5.10 Å². The van der Waals surface area contributed by atoms with Crippen molar-refractivity contribution >= 4 is 5.78 Å². The summed E-state index contributed by atoms with van der Waals surface area (Å²) < 4.78 is 7.04. The van der Waals surface area contributed by atoms with E-state index in [2.05, 4.69) is 15.2 Å². The second kappa shape index (κ2) is 5.46. The molecule has 1 unspecified atom stereocenters. The number of nitrogens with zero attached hydrogens (tertiary/aromatic N) is 4. The van der Waals surface area contributed by atoms with E-state index in [4.69, 9.17) is 4.52 Å². The number of ketones is 1. The van der Waals surface area contributed by atoms with Crippen molar-refractivity contribution in [2.24, 2.45) is 0 Å². The zero-order valence-corrected chi connectivity index (χ0v) is 12.7. The van der Waals surface area contributed by atoms with Crippen LogP contribution < -0.4 is 0 Å². The molecular formula is C17H16N4O2. The molecule has 23 heavy (non-hydrogen) atoms. The third kappa shape index (κ3) is 2.46. The van der Waals surface area contributed by atoms with Crippen molar-refractivity contribution < 1.29 is 9.32 Å². The Bertz CT molecular complexity index is 834. The zero-order valence-electron chi connectivity index (χ0n) is 12.7. The molecule has 6 nitrogen and oxygen atoms in total. The normalized spacial score (nSPS) is 15.5. The molecule has 0 aliphatic heterocycles. The molecule has 4 rings (SSSR count). The van der Waals surface area contributed by atoms with Gasteiger partial charge in [-0.15, -0.1) is 0 Å². The molecule has 2 heterocycles. The van der Waals surface area contributed by atoms with Gasteiger partial charge in [-0.1, -0.05) is 29.4 Å². The van der Waals surface area contributed by atoms with Crippen LogP contribution in [0.25, 0.3) is 0 Å². The van der Waals surface area contributed by atoms with Crippen LogP contribution in [0.4, 0.5) is 0 Å². The highest BCUT2D eigenvalue weighted by atomic mass is 16.5. The maximum Gasteiger partial charge on any atom is 0.198 e. The molecule has 6 heteroatoms.